The van der Waals surface area contributed by atoms with Gasteiger partial charge in [-0.2, -0.15) is 27.0 Å². The van der Waals surface area contributed by atoms with E-state index in [0.29, 0.717) is 32.7 Å². The van der Waals surface area contributed by atoms with Crippen molar-refractivity contribution in [2.24, 2.45) is 10.8 Å². The Morgan fingerprint density at radius 1 is 0.621 bits per heavy atom. The Hall–Kier alpha value is -4.00. The molecule has 468 valence electrons. The van der Waals surface area contributed by atoms with Gasteiger partial charge in [0.2, 0.25) is 0 Å². The van der Waals surface area contributed by atoms with Gasteiger partial charge in [-0.3, -0.25) is 15.2 Å². The maximum atomic E-state index is 13.8. The van der Waals surface area contributed by atoms with Gasteiger partial charge in [0.15, 0.2) is 0 Å². The average Bonchev–Trinajstić information content (AvgIpc) is 3.62. The summed E-state index contributed by atoms with van der Waals surface area (Å²) in [7, 11) is -7.16. The summed E-state index contributed by atoms with van der Waals surface area (Å²) in [5.41, 5.74) is -1.16. The van der Waals surface area contributed by atoms with Crippen molar-refractivity contribution in [2.45, 2.75) is 73.1 Å². The largest absolute Gasteiger partial charge is 1.00 e. The smallest absolute Gasteiger partial charge is 0.790 e. The van der Waals surface area contributed by atoms with Gasteiger partial charge in [-0.15, -0.1) is 0 Å². The molecule has 4 aromatic carbocycles. The van der Waals surface area contributed by atoms with Gasteiger partial charge in [0.1, 0.15) is 48.1 Å². The zero-order valence-electron chi connectivity index (χ0n) is 47.8. The minimum Gasteiger partial charge on any atom is -0.790 e. The quantitative estimate of drug-likeness (QED) is 0.0310. The van der Waals surface area contributed by atoms with E-state index in [1.165, 1.54) is 109 Å². The Labute approximate surface area is 568 Å². The summed E-state index contributed by atoms with van der Waals surface area (Å²) in [5.74, 6) is -1.99. The number of rotatable bonds is 22. The van der Waals surface area contributed by atoms with E-state index < -0.39 is 92.7 Å². The fourth-order valence-corrected chi connectivity index (χ4v) is 9.21. The molecule has 0 unspecified atom stereocenters. The molecule has 2 heterocycles. The van der Waals surface area contributed by atoms with Crippen molar-refractivity contribution in [1.82, 2.24) is 30.4 Å². The van der Waals surface area contributed by atoms with Gasteiger partial charge < -0.3 is 58.6 Å². The molecule has 0 aliphatic heterocycles. The molecular weight excluding hydrogens is 1290 g/mol. The van der Waals surface area contributed by atoms with Gasteiger partial charge in [-0.25, -0.2) is 51.3 Å². The molecule has 87 heavy (non-hydrogen) atoms. The Bertz CT molecular complexity index is 3160. The summed E-state index contributed by atoms with van der Waals surface area (Å²) in [6.45, 7) is 4.82. The zero-order chi connectivity index (χ0) is 60.7. The van der Waals surface area contributed by atoms with Crippen molar-refractivity contribution in [3.8, 4) is 0 Å². The van der Waals surface area contributed by atoms with Gasteiger partial charge >= 0.3 is 91.2 Å². The second-order valence-corrected chi connectivity index (χ2v) is 23.2. The summed E-state index contributed by atoms with van der Waals surface area (Å²) < 4.78 is 96.7. The van der Waals surface area contributed by atoms with Crippen LogP contribution in [0, 0.1) is 34.1 Å². The molecule has 0 aliphatic carbocycles. The molecule has 0 saturated carbocycles. The molecule has 34 heteroatoms. The summed E-state index contributed by atoms with van der Waals surface area (Å²) in [4.78, 5) is 102. The number of anilines is 2. The molecule has 0 bridgehead atoms. The fraction of sp³-hybridized carbons (Fsp3) is 0.358. The number of carbonyl (C=O) groups is 4. The van der Waals surface area contributed by atoms with E-state index >= 15 is 0 Å². The predicted molar refractivity (Wildman–Crippen MR) is 320 cm³/mol. The summed E-state index contributed by atoms with van der Waals surface area (Å²) in [5, 5.41) is 12.2. The minimum absolute atomic E-state index is 0. The Morgan fingerprint density at radius 2 is 0.989 bits per heavy atom. The van der Waals surface area contributed by atoms with Crippen LogP contribution in [-0.4, -0.2) is 106 Å². The summed E-state index contributed by atoms with van der Waals surface area (Å²) >= 11 is 11.9. The van der Waals surface area contributed by atoms with Crippen molar-refractivity contribution < 1.29 is 143 Å². The normalized spacial score (nSPS) is 11.9. The summed E-state index contributed by atoms with van der Waals surface area (Å²) in [6.07, 6.45) is 1.22. The van der Waals surface area contributed by atoms with Crippen LogP contribution in [0.3, 0.4) is 0 Å². The van der Waals surface area contributed by atoms with Crippen LogP contribution < -0.4 is 90.2 Å². The standard InChI is InChI=1S/2C26H30ClF2N4O7P.CH4.2Na.2H2S/c2*1-26(2,15-40-41(36,37)38)11-20(33(3)24(34)31-13-17-5-4-6-21(29)23(17)27)14-39-25(35)32-22-10-18-9-19(28)8-7-16(18)12-30-22;;;;;/h2*4-10,12,20H,11,13-15H2,1-3H3,(H,31,34)(H,30,32,35)(H2,36,37,38);1H4;;;2*1H2/q;;;2*+1;;/p-2/t2*20-;;;;;/m00...../s1. The number of nitrogens with zero attached hydrogens (tertiary/aromatic N) is 4. The number of amides is 6. The molecule has 6 aromatic rings. The third-order valence-electron chi connectivity index (χ3n) is 12.1. The van der Waals surface area contributed by atoms with Crippen molar-refractivity contribution >= 4 is 123 Å². The topological polar surface area (TPSA) is 306 Å². The minimum atomic E-state index is -5.25. The Morgan fingerprint density at radius 3 is 1.34 bits per heavy atom. The number of hydrogen-bond acceptors (Lipinski definition) is 14. The molecular formula is C53H66Cl2F4N8Na2O14P2S2. The maximum Gasteiger partial charge on any atom is 1.00 e. The number of pyridine rings is 2. The van der Waals surface area contributed by atoms with E-state index in [-0.39, 0.29) is 161 Å². The van der Waals surface area contributed by atoms with E-state index in [2.05, 4.69) is 40.3 Å². The molecule has 2 aromatic heterocycles. The number of benzene rings is 4. The first kappa shape index (κ1) is 83.0. The number of hydrogen-bond donors (Lipinski definition) is 6. The van der Waals surface area contributed by atoms with E-state index in [9.17, 15) is 55.7 Å². The Balaban J connectivity index is 0.00000161. The van der Waals surface area contributed by atoms with E-state index in [4.69, 9.17) is 42.5 Å². The number of phosphoric ester groups is 2. The number of ether oxygens (including phenoxy) is 2. The van der Waals surface area contributed by atoms with Crippen molar-refractivity contribution in [2.75, 3.05) is 51.2 Å². The Kier molecular flexibility index (Phi) is 35.6. The number of urea groups is 2. The molecule has 6 N–H and O–H groups in total. The molecule has 6 rings (SSSR count). The molecule has 0 fully saturated rings. The molecule has 0 spiro atoms. The number of carbonyl (C=O) groups excluding carboxylic acids is 4. The van der Waals surface area contributed by atoms with Gasteiger partial charge in [-0.05, 0) is 106 Å². The number of likely N-dealkylation sites (N-methyl/N-ethyl adjacent to an activating group) is 2. The molecule has 0 saturated heterocycles. The number of halogens is 6. The fourth-order valence-electron chi connectivity index (χ4n) is 7.80. The van der Waals surface area contributed by atoms with Crippen LogP contribution in [0.25, 0.3) is 21.5 Å². The van der Waals surface area contributed by atoms with Crippen LogP contribution in [0.15, 0.2) is 97.3 Å². The predicted octanol–water partition coefficient (Wildman–Crippen LogP) is 4.51. The van der Waals surface area contributed by atoms with Crippen LogP contribution >= 0.6 is 65.8 Å². The number of phosphoric acid groups is 2. The molecule has 6 amide bonds. The maximum absolute atomic E-state index is 13.8. The van der Waals surface area contributed by atoms with Gasteiger partial charge in [0.25, 0.3) is 0 Å². The number of nitrogens with one attached hydrogen (secondary N) is 4. The van der Waals surface area contributed by atoms with Gasteiger partial charge in [-0.1, -0.05) is 82.6 Å². The van der Waals surface area contributed by atoms with Crippen LogP contribution in [0.1, 0.15) is 59.1 Å². The second kappa shape index (κ2) is 37.4. The van der Waals surface area contributed by atoms with Crippen LogP contribution in [-0.2, 0) is 40.7 Å². The third kappa shape index (κ3) is 28.4. The SMILES string of the molecule is C.CN(C(=O)NCc1cccc(F)c1Cl)[C@H](COC(=O)Nc1cc2cc(F)ccc2cn1)CC(C)(C)COP(=O)(O)O.CN(C(=O)NCc1cccc(F)c1Cl)[C@H](COC(=O)Nc1cc2cc(F)ccc2cn1)CC(C)(C)COP(=O)([O-])[O-].S.S.[Na+].[Na+]. The van der Waals surface area contributed by atoms with Gasteiger partial charge in [0.05, 0.1) is 43.2 Å². The van der Waals surface area contributed by atoms with Crippen molar-refractivity contribution in [3.05, 3.63) is 142 Å². The van der Waals surface area contributed by atoms with E-state index in [1.807, 2.05) is 0 Å². The molecule has 22 nitrogen and oxygen atoms in total. The number of aromatic nitrogens is 2. The van der Waals surface area contributed by atoms with Crippen molar-refractivity contribution in [3.63, 3.8) is 0 Å². The average molecular weight is 1360 g/mol. The van der Waals surface area contributed by atoms with E-state index in [1.54, 1.807) is 39.8 Å². The van der Waals surface area contributed by atoms with Crippen molar-refractivity contribution in [1.29, 1.82) is 0 Å². The second-order valence-electron chi connectivity index (χ2n) is 20.1. The zero-order valence-corrected chi connectivity index (χ0v) is 57.1. The molecule has 0 radical (unpaired) electrons. The van der Waals surface area contributed by atoms with Crippen LogP contribution in [0.4, 0.5) is 48.4 Å². The first-order valence-corrected chi connectivity index (χ1v) is 28.2. The first-order valence-electron chi connectivity index (χ1n) is 24.5. The number of fused-ring (bicyclic) bond motifs is 2. The third-order valence-corrected chi connectivity index (χ3v) is 13.9. The summed E-state index contributed by atoms with van der Waals surface area (Å²) in [6, 6.07) is 16.6. The van der Waals surface area contributed by atoms with E-state index in [0.717, 1.165) is 0 Å². The molecule has 2 atom stereocenters. The van der Waals surface area contributed by atoms with Crippen LogP contribution in [0.5, 0.6) is 0 Å². The first-order chi connectivity index (χ1) is 38.3. The van der Waals surface area contributed by atoms with Crippen LogP contribution in [0.2, 0.25) is 10.0 Å². The monoisotopic (exact) mass is 1360 g/mol. The van der Waals surface area contributed by atoms with Gasteiger partial charge in [0, 0.05) is 50.4 Å². The molecule has 0 aliphatic rings.